The van der Waals surface area contributed by atoms with E-state index in [1.165, 1.54) is 23.9 Å². The second-order valence-corrected chi connectivity index (χ2v) is 4.68. The average Bonchev–Trinajstić information content (AvgIpc) is 2.42. The molecule has 1 N–H and O–H groups in total. The Labute approximate surface area is 108 Å². The van der Waals surface area contributed by atoms with Gasteiger partial charge in [-0.2, -0.15) is 5.10 Å². The first-order valence-electron chi connectivity index (χ1n) is 6.84. The minimum atomic E-state index is -0.00373. The summed E-state index contributed by atoms with van der Waals surface area (Å²) < 4.78 is 1.52. The van der Waals surface area contributed by atoms with Crippen molar-refractivity contribution in [2.75, 3.05) is 31.1 Å². The third-order valence-electron chi connectivity index (χ3n) is 3.33. The summed E-state index contributed by atoms with van der Waals surface area (Å²) in [7, 11) is 0. The van der Waals surface area contributed by atoms with E-state index in [2.05, 4.69) is 22.2 Å². The normalized spacial score (nSPS) is 15.9. The van der Waals surface area contributed by atoms with E-state index in [9.17, 15) is 4.79 Å². The highest BCUT2D eigenvalue weighted by Gasteiger charge is 2.12. The van der Waals surface area contributed by atoms with Crippen LogP contribution in [-0.4, -0.2) is 36.0 Å². The smallest absolute Gasteiger partial charge is 0.268 e. The Hall–Kier alpha value is -1.36. The van der Waals surface area contributed by atoms with Crippen molar-refractivity contribution in [1.82, 2.24) is 15.1 Å². The molecule has 1 aromatic heterocycles. The van der Waals surface area contributed by atoms with Crippen LogP contribution in [0.1, 0.15) is 26.2 Å². The molecule has 0 amide bonds. The predicted molar refractivity (Wildman–Crippen MR) is 73.1 cm³/mol. The van der Waals surface area contributed by atoms with Crippen LogP contribution < -0.4 is 15.8 Å². The Balaban J connectivity index is 2.02. The third-order valence-corrected chi connectivity index (χ3v) is 3.33. The Morgan fingerprint density at radius 3 is 2.78 bits per heavy atom. The number of rotatable bonds is 5. The number of nitrogens with zero attached hydrogens (tertiary/aromatic N) is 3. The lowest BCUT2D eigenvalue weighted by Gasteiger charge is -2.28. The fraction of sp³-hybridized carbons (Fsp3) is 0.692. The maximum absolute atomic E-state index is 11.9. The van der Waals surface area contributed by atoms with E-state index in [0.29, 0.717) is 6.54 Å². The lowest BCUT2D eigenvalue weighted by molar-refractivity contribution is 0.535. The number of piperidine rings is 1. The summed E-state index contributed by atoms with van der Waals surface area (Å²) >= 11 is 0. The Kier molecular flexibility index (Phi) is 4.75. The maximum Gasteiger partial charge on any atom is 0.268 e. The molecule has 18 heavy (non-hydrogen) atoms. The zero-order valence-electron chi connectivity index (χ0n) is 11.1. The van der Waals surface area contributed by atoms with E-state index in [0.717, 1.165) is 31.9 Å². The van der Waals surface area contributed by atoms with Gasteiger partial charge >= 0.3 is 0 Å². The van der Waals surface area contributed by atoms with Crippen LogP contribution in [0.4, 0.5) is 5.69 Å². The molecule has 0 unspecified atom stereocenters. The Bertz CT molecular complexity index is 423. The summed E-state index contributed by atoms with van der Waals surface area (Å²) in [5.41, 5.74) is 0.968. The summed E-state index contributed by atoms with van der Waals surface area (Å²) in [6.07, 6.45) is 5.54. The molecule has 0 spiro atoms. The zero-order chi connectivity index (χ0) is 12.8. The first-order valence-corrected chi connectivity index (χ1v) is 6.84. The molecule has 100 valence electrons. The topological polar surface area (TPSA) is 50.2 Å². The molecule has 0 aromatic carbocycles. The van der Waals surface area contributed by atoms with E-state index in [-0.39, 0.29) is 5.56 Å². The van der Waals surface area contributed by atoms with Gasteiger partial charge < -0.3 is 10.2 Å². The third kappa shape index (κ3) is 3.32. The Morgan fingerprint density at radius 1 is 1.33 bits per heavy atom. The molecule has 0 saturated carbocycles. The van der Waals surface area contributed by atoms with Gasteiger partial charge in [0.05, 0.1) is 18.4 Å². The van der Waals surface area contributed by atoms with Crippen LogP contribution in [0, 0.1) is 0 Å². The van der Waals surface area contributed by atoms with Crippen LogP contribution in [0.3, 0.4) is 0 Å². The first-order chi connectivity index (χ1) is 8.81. The van der Waals surface area contributed by atoms with Crippen LogP contribution in [-0.2, 0) is 6.54 Å². The van der Waals surface area contributed by atoms with Gasteiger partial charge in [-0.1, -0.05) is 6.92 Å². The van der Waals surface area contributed by atoms with E-state index in [4.69, 9.17) is 0 Å². The molecule has 2 heterocycles. The molecule has 1 saturated heterocycles. The molecule has 1 aliphatic rings. The van der Waals surface area contributed by atoms with Gasteiger partial charge in [-0.15, -0.1) is 0 Å². The number of aromatic nitrogens is 2. The predicted octanol–water partition coefficient (Wildman–Crippen LogP) is 0.843. The second-order valence-electron chi connectivity index (χ2n) is 4.68. The van der Waals surface area contributed by atoms with Crippen molar-refractivity contribution in [1.29, 1.82) is 0 Å². The lowest BCUT2D eigenvalue weighted by Crippen LogP contribution is -2.33. The fourth-order valence-corrected chi connectivity index (χ4v) is 2.28. The van der Waals surface area contributed by atoms with E-state index in [1.54, 1.807) is 6.07 Å². The number of likely N-dealkylation sites (N-methyl/N-ethyl adjacent to an activating group) is 1. The van der Waals surface area contributed by atoms with Crippen molar-refractivity contribution < 1.29 is 0 Å². The quantitative estimate of drug-likeness (QED) is 0.787. The van der Waals surface area contributed by atoms with Gasteiger partial charge in [0.25, 0.3) is 5.56 Å². The van der Waals surface area contributed by atoms with Crippen molar-refractivity contribution in [2.45, 2.75) is 32.7 Å². The summed E-state index contributed by atoms with van der Waals surface area (Å²) in [5, 5.41) is 7.44. The highest BCUT2D eigenvalue weighted by Crippen LogP contribution is 2.16. The maximum atomic E-state index is 11.9. The fourth-order valence-electron chi connectivity index (χ4n) is 2.28. The minimum absolute atomic E-state index is 0.00373. The van der Waals surface area contributed by atoms with Crippen LogP contribution >= 0.6 is 0 Å². The van der Waals surface area contributed by atoms with Gasteiger partial charge in [-0.25, -0.2) is 4.68 Å². The van der Waals surface area contributed by atoms with Gasteiger partial charge in [0, 0.05) is 25.7 Å². The molecule has 1 fully saturated rings. The molecule has 5 heteroatoms. The van der Waals surface area contributed by atoms with Gasteiger partial charge in [0.15, 0.2) is 0 Å². The zero-order valence-corrected chi connectivity index (χ0v) is 11.1. The first kappa shape index (κ1) is 13.1. The average molecular weight is 250 g/mol. The summed E-state index contributed by atoms with van der Waals surface area (Å²) in [5.74, 6) is 0. The SMILES string of the molecule is CCNCCn1ncc(N2CCCCC2)cc1=O. The molecule has 0 radical (unpaired) electrons. The molecule has 0 atom stereocenters. The van der Waals surface area contributed by atoms with Crippen molar-refractivity contribution in [3.05, 3.63) is 22.6 Å². The van der Waals surface area contributed by atoms with Gasteiger partial charge in [-0.05, 0) is 25.8 Å². The van der Waals surface area contributed by atoms with Crippen molar-refractivity contribution >= 4 is 5.69 Å². The minimum Gasteiger partial charge on any atom is -0.370 e. The Morgan fingerprint density at radius 2 is 2.11 bits per heavy atom. The van der Waals surface area contributed by atoms with Crippen LogP contribution in [0.2, 0.25) is 0 Å². The molecule has 5 nitrogen and oxygen atoms in total. The molecule has 1 aliphatic heterocycles. The number of anilines is 1. The molecule has 2 rings (SSSR count). The van der Waals surface area contributed by atoms with E-state index in [1.807, 2.05) is 6.20 Å². The van der Waals surface area contributed by atoms with Gasteiger partial charge in [0.1, 0.15) is 0 Å². The number of hydrogen-bond acceptors (Lipinski definition) is 4. The summed E-state index contributed by atoms with van der Waals surface area (Å²) in [4.78, 5) is 14.2. The summed E-state index contributed by atoms with van der Waals surface area (Å²) in [6, 6.07) is 1.71. The van der Waals surface area contributed by atoms with E-state index < -0.39 is 0 Å². The van der Waals surface area contributed by atoms with Gasteiger partial charge in [0.2, 0.25) is 0 Å². The monoisotopic (exact) mass is 250 g/mol. The van der Waals surface area contributed by atoms with Crippen molar-refractivity contribution in [2.24, 2.45) is 0 Å². The van der Waals surface area contributed by atoms with Crippen LogP contribution in [0.15, 0.2) is 17.1 Å². The van der Waals surface area contributed by atoms with Crippen LogP contribution in [0.5, 0.6) is 0 Å². The molecular weight excluding hydrogens is 228 g/mol. The van der Waals surface area contributed by atoms with Crippen molar-refractivity contribution in [3.8, 4) is 0 Å². The molecule has 1 aromatic rings. The largest absolute Gasteiger partial charge is 0.370 e. The molecule has 0 aliphatic carbocycles. The van der Waals surface area contributed by atoms with Crippen LogP contribution in [0.25, 0.3) is 0 Å². The van der Waals surface area contributed by atoms with Gasteiger partial charge in [-0.3, -0.25) is 4.79 Å². The second kappa shape index (κ2) is 6.54. The number of nitrogens with one attached hydrogen (secondary N) is 1. The molecular formula is C13H22N4O. The lowest BCUT2D eigenvalue weighted by atomic mass is 10.1. The highest BCUT2D eigenvalue weighted by molar-refractivity contribution is 5.43. The highest BCUT2D eigenvalue weighted by atomic mass is 16.1. The summed E-state index contributed by atoms with van der Waals surface area (Å²) in [6.45, 7) is 6.47. The van der Waals surface area contributed by atoms with E-state index >= 15 is 0 Å². The molecule has 0 bridgehead atoms. The standard InChI is InChI=1S/C13H22N4O/c1-2-14-6-9-17-13(18)10-12(11-15-17)16-7-4-3-5-8-16/h10-11,14H,2-9H2,1H3. The van der Waals surface area contributed by atoms with Crippen molar-refractivity contribution in [3.63, 3.8) is 0 Å². The number of hydrogen-bond donors (Lipinski definition) is 1.